The van der Waals surface area contributed by atoms with Crippen molar-refractivity contribution < 1.29 is 14.6 Å². The summed E-state index contributed by atoms with van der Waals surface area (Å²) in [6, 6.07) is 13.8. The highest BCUT2D eigenvalue weighted by Crippen LogP contribution is 2.45. The zero-order chi connectivity index (χ0) is 14.1. The van der Waals surface area contributed by atoms with Crippen molar-refractivity contribution in [3.63, 3.8) is 0 Å². The molecule has 2 aromatic carbocycles. The Morgan fingerprint density at radius 2 is 1.90 bits per heavy atom. The molecule has 0 fully saturated rings. The number of hydrogen-bond donors (Lipinski definition) is 1. The molecule has 0 amide bonds. The van der Waals surface area contributed by atoms with E-state index in [0.717, 1.165) is 17.7 Å². The van der Waals surface area contributed by atoms with Crippen LogP contribution in [-0.2, 0) is 6.42 Å². The third kappa shape index (κ3) is 2.04. The Balaban J connectivity index is 1.90. The highest BCUT2D eigenvalue weighted by Gasteiger charge is 2.33. The fourth-order valence-corrected chi connectivity index (χ4v) is 2.86. The minimum atomic E-state index is -0.550. The number of aliphatic hydroxyl groups is 1. The fourth-order valence-electron chi connectivity index (χ4n) is 2.86. The minimum Gasteiger partial charge on any atom is -0.497 e. The van der Waals surface area contributed by atoms with Crippen molar-refractivity contribution in [2.75, 3.05) is 14.2 Å². The van der Waals surface area contributed by atoms with Gasteiger partial charge in [0.1, 0.15) is 11.5 Å². The van der Waals surface area contributed by atoms with Crippen molar-refractivity contribution in [3.05, 3.63) is 59.2 Å². The molecule has 2 aromatic rings. The lowest BCUT2D eigenvalue weighted by molar-refractivity contribution is 0.131. The van der Waals surface area contributed by atoms with Gasteiger partial charge in [-0.3, -0.25) is 0 Å². The van der Waals surface area contributed by atoms with Crippen molar-refractivity contribution in [2.24, 2.45) is 0 Å². The van der Waals surface area contributed by atoms with Crippen molar-refractivity contribution in [1.29, 1.82) is 0 Å². The van der Waals surface area contributed by atoms with E-state index in [9.17, 15) is 5.11 Å². The summed E-state index contributed by atoms with van der Waals surface area (Å²) in [4.78, 5) is 0. The van der Waals surface area contributed by atoms with Crippen LogP contribution in [0.25, 0.3) is 0 Å². The molecule has 20 heavy (non-hydrogen) atoms. The van der Waals surface area contributed by atoms with E-state index in [-0.39, 0.29) is 5.92 Å². The molecule has 0 spiro atoms. The first-order chi connectivity index (χ1) is 9.74. The van der Waals surface area contributed by atoms with Crippen molar-refractivity contribution in [2.45, 2.75) is 18.4 Å². The number of ether oxygens (including phenoxy) is 2. The summed E-state index contributed by atoms with van der Waals surface area (Å²) < 4.78 is 10.6. The van der Waals surface area contributed by atoms with Gasteiger partial charge in [-0.1, -0.05) is 24.3 Å². The van der Waals surface area contributed by atoms with Crippen LogP contribution in [0.1, 0.15) is 28.7 Å². The zero-order valence-electron chi connectivity index (χ0n) is 11.7. The number of fused-ring (bicyclic) bond motifs is 1. The van der Waals surface area contributed by atoms with E-state index in [1.807, 2.05) is 30.3 Å². The highest BCUT2D eigenvalue weighted by atomic mass is 16.5. The Labute approximate surface area is 118 Å². The number of benzene rings is 2. The van der Waals surface area contributed by atoms with Crippen LogP contribution in [-0.4, -0.2) is 19.3 Å². The summed E-state index contributed by atoms with van der Waals surface area (Å²) in [5.41, 5.74) is 3.37. The van der Waals surface area contributed by atoms with E-state index in [2.05, 4.69) is 12.1 Å². The predicted molar refractivity (Wildman–Crippen MR) is 77.4 cm³/mol. The normalized spacial score (nSPS) is 17.9. The summed E-state index contributed by atoms with van der Waals surface area (Å²) in [5, 5.41) is 10.6. The van der Waals surface area contributed by atoms with Crippen LogP contribution in [0.3, 0.4) is 0 Å². The van der Waals surface area contributed by atoms with Crippen LogP contribution < -0.4 is 9.47 Å². The molecule has 0 heterocycles. The third-order valence-electron chi connectivity index (χ3n) is 4.03. The molecule has 0 bridgehead atoms. The molecule has 3 heteroatoms. The van der Waals surface area contributed by atoms with Gasteiger partial charge in [0.05, 0.1) is 20.3 Å². The standard InChI is InChI=1S/C17H18O3/c1-19-12-7-8-14(16(10-12)20-2)17(18)15-9-11-5-3-4-6-13(11)15/h3-8,10,15,17-18H,9H2,1-2H3. The second-order valence-electron chi connectivity index (χ2n) is 5.06. The van der Waals surface area contributed by atoms with Gasteiger partial charge < -0.3 is 14.6 Å². The van der Waals surface area contributed by atoms with Crippen LogP contribution >= 0.6 is 0 Å². The van der Waals surface area contributed by atoms with Crippen molar-refractivity contribution >= 4 is 0 Å². The lowest BCUT2D eigenvalue weighted by Gasteiger charge is -2.34. The third-order valence-corrected chi connectivity index (χ3v) is 4.03. The van der Waals surface area contributed by atoms with Crippen LogP contribution in [0.4, 0.5) is 0 Å². The summed E-state index contributed by atoms with van der Waals surface area (Å²) >= 11 is 0. The molecule has 0 aromatic heterocycles. The van der Waals surface area contributed by atoms with Gasteiger partial charge >= 0.3 is 0 Å². The molecule has 0 aliphatic heterocycles. The maximum absolute atomic E-state index is 10.6. The molecule has 1 aliphatic carbocycles. The lowest BCUT2D eigenvalue weighted by Crippen LogP contribution is -2.23. The van der Waals surface area contributed by atoms with Gasteiger partial charge in [0.25, 0.3) is 0 Å². The van der Waals surface area contributed by atoms with Gasteiger partial charge in [0.2, 0.25) is 0 Å². The van der Waals surface area contributed by atoms with Gasteiger partial charge in [-0.2, -0.15) is 0 Å². The molecule has 1 aliphatic rings. The number of rotatable bonds is 4. The van der Waals surface area contributed by atoms with E-state index < -0.39 is 6.10 Å². The molecule has 1 N–H and O–H groups in total. The molecule has 0 saturated carbocycles. The molecule has 0 radical (unpaired) electrons. The summed E-state index contributed by atoms with van der Waals surface area (Å²) in [6.45, 7) is 0. The SMILES string of the molecule is COc1ccc(C(O)C2Cc3ccccc32)c(OC)c1. The van der Waals surface area contributed by atoms with Gasteiger partial charge in [0, 0.05) is 17.5 Å². The molecule has 3 nitrogen and oxygen atoms in total. The van der Waals surface area contributed by atoms with E-state index in [1.165, 1.54) is 11.1 Å². The average Bonchev–Trinajstić information content (AvgIpc) is 2.47. The number of hydrogen-bond acceptors (Lipinski definition) is 3. The molecular weight excluding hydrogens is 252 g/mol. The molecular formula is C17H18O3. The first-order valence-corrected chi connectivity index (χ1v) is 6.72. The average molecular weight is 270 g/mol. The Kier molecular flexibility index (Phi) is 3.36. The Bertz CT molecular complexity index is 621. The van der Waals surface area contributed by atoms with E-state index in [4.69, 9.17) is 9.47 Å². The monoisotopic (exact) mass is 270 g/mol. The van der Waals surface area contributed by atoms with Gasteiger partial charge in [-0.05, 0) is 29.7 Å². The lowest BCUT2D eigenvalue weighted by atomic mass is 9.73. The van der Waals surface area contributed by atoms with Gasteiger partial charge in [-0.25, -0.2) is 0 Å². The number of aliphatic hydroxyl groups excluding tert-OH is 1. The number of methoxy groups -OCH3 is 2. The largest absolute Gasteiger partial charge is 0.497 e. The molecule has 0 saturated heterocycles. The molecule has 2 unspecified atom stereocenters. The summed E-state index contributed by atoms with van der Waals surface area (Å²) in [5.74, 6) is 1.54. The first kappa shape index (κ1) is 13.0. The van der Waals surface area contributed by atoms with Gasteiger partial charge in [0.15, 0.2) is 0 Å². The minimum absolute atomic E-state index is 0.147. The first-order valence-electron chi connectivity index (χ1n) is 6.72. The van der Waals surface area contributed by atoms with Crippen LogP contribution in [0.5, 0.6) is 11.5 Å². The fraction of sp³-hybridized carbons (Fsp3) is 0.294. The summed E-state index contributed by atoms with van der Waals surface area (Å²) in [7, 11) is 3.23. The Morgan fingerprint density at radius 1 is 1.10 bits per heavy atom. The molecule has 2 atom stereocenters. The van der Waals surface area contributed by atoms with E-state index >= 15 is 0 Å². The summed E-state index contributed by atoms with van der Waals surface area (Å²) in [6.07, 6.45) is 0.359. The van der Waals surface area contributed by atoms with Crippen LogP contribution in [0.15, 0.2) is 42.5 Å². The Morgan fingerprint density at radius 3 is 2.60 bits per heavy atom. The highest BCUT2D eigenvalue weighted by molar-refractivity contribution is 5.47. The second-order valence-corrected chi connectivity index (χ2v) is 5.06. The van der Waals surface area contributed by atoms with Crippen LogP contribution in [0, 0.1) is 0 Å². The smallest absolute Gasteiger partial charge is 0.128 e. The molecule has 3 rings (SSSR count). The van der Waals surface area contributed by atoms with E-state index in [0.29, 0.717) is 5.75 Å². The van der Waals surface area contributed by atoms with Crippen LogP contribution in [0.2, 0.25) is 0 Å². The molecule has 104 valence electrons. The maximum atomic E-state index is 10.6. The van der Waals surface area contributed by atoms with E-state index in [1.54, 1.807) is 14.2 Å². The second kappa shape index (κ2) is 5.17. The predicted octanol–water partition coefficient (Wildman–Crippen LogP) is 3.08. The topological polar surface area (TPSA) is 38.7 Å². The zero-order valence-corrected chi connectivity index (χ0v) is 11.7. The van der Waals surface area contributed by atoms with Gasteiger partial charge in [-0.15, -0.1) is 0 Å². The Hall–Kier alpha value is -2.00. The quantitative estimate of drug-likeness (QED) is 0.928. The maximum Gasteiger partial charge on any atom is 0.128 e. The van der Waals surface area contributed by atoms with Crippen molar-refractivity contribution in [3.8, 4) is 11.5 Å². The van der Waals surface area contributed by atoms with Crippen molar-refractivity contribution in [1.82, 2.24) is 0 Å².